The zero-order chi connectivity index (χ0) is 19.6. The first-order valence-corrected chi connectivity index (χ1v) is 8.65. The zero-order valence-corrected chi connectivity index (χ0v) is 15.5. The number of rotatable bonds is 5. The van der Waals surface area contributed by atoms with E-state index < -0.39 is 11.9 Å². The van der Waals surface area contributed by atoms with Gasteiger partial charge in [-0.25, -0.2) is 9.59 Å². The van der Waals surface area contributed by atoms with Crippen LogP contribution in [0.2, 0.25) is 5.02 Å². The summed E-state index contributed by atoms with van der Waals surface area (Å²) in [6, 6.07) is 9.83. The molecule has 27 heavy (non-hydrogen) atoms. The van der Waals surface area contributed by atoms with Crippen LogP contribution in [0, 0.1) is 6.92 Å². The summed E-state index contributed by atoms with van der Waals surface area (Å²) >= 11 is 6.19. The molecule has 0 bridgehead atoms. The molecule has 0 saturated carbocycles. The van der Waals surface area contributed by atoms with Gasteiger partial charge in [-0.1, -0.05) is 17.7 Å². The van der Waals surface area contributed by atoms with Crippen molar-refractivity contribution >= 4 is 45.8 Å². The molecule has 6 nitrogen and oxygen atoms in total. The molecular weight excluding hydrogens is 368 g/mol. The van der Waals surface area contributed by atoms with Crippen LogP contribution in [0.15, 0.2) is 42.6 Å². The van der Waals surface area contributed by atoms with Crippen molar-refractivity contribution < 1.29 is 19.4 Å². The molecule has 0 aliphatic carbocycles. The lowest BCUT2D eigenvalue weighted by Crippen LogP contribution is -2.10. The van der Waals surface area contributed by atoms with E-state index in [-0.39, 0.29) is 17.7 Å². The third-order valence-corrected chi connectivity index (χ3v) is 4.51. The fourth-order valence-electron chi connectivity index (χ4n) is 2.75. The van der Waals surface area contributed by atoms with Crippen LogP contribution in [0.1, 0.15) is 33.2 Å². The number of anilines is 2. The van der Waals surface area contributed by atoms with Crippen LogP contribution < -0.4 is 5.32 Å². The van der Waals surface area contributed by atoms with Crippen molar-refractivity contribution in [3.63, 3.8) is 0 Å². The van der Waals surface area contributed by atoms with Gasteiger partial charge in [0.25, 0.3) is 0 Å². The van der Waals surface area contributed by atoms with E-state index in [0.29, 0.717) is 27.3 Å². The largest absolute Gasteiger partial charge is 0.478 e. The van der Waals surface area contributed by atoms with Gasteiger partial charge in [0.2, 0.25) is 0 Å². The molecule has 0 radical (unpaired) electrons. The van der Waals surface area contributed by atoms with Gasteiger partial charge in [0.1, 0.15) is 5.56 Å². The summed E-state index contributed by atoms with van der Waals surface area (Å²) in [6.07, 6.45) is 1.44. The van der Waals surface area contributed by atoms with Gasteiger partial charge >= 0.3 is 11.9 Å². The topological polar surface area (TPSA) is 88.5 Å². The highest BCUT2D eigenvalue weighted by Crippen LogP contribution is 2.33. The quantitative estimate of drug-likeness (QED) is 0.613. The number of nitrogens with one attached hydrogen (secondary N) is 1. The van der Waals surface area contributed by atoms with E-state index in [9.17, 15) is 14.7 Å². The lowest BCUT2D eigenvalue weighted by atomic mass is 10.1. The van der Waals surface area contributed by atoms with E-state index in [1.54, 1.807) is 31.2 Å². The number of carbonyl (C=O) groups is 2. The molecule has 0 atom stereocenters. The number of aromatic nitrogens is 1. The van der Waals surface area contributed by atoms with E-state index >= 15 is 0 Å². The van der Waals surface area contributed by atoms with Gasteiger partial charge in [0.05, 0.1) is 23.4 Å². The van der Waals surface area contributed by atoms with Crippen molar-refractivity contribution in [3.8, 4) is 0 Å². The molecule has 7 heteroatoms. The molecule has 0 aliphatic heterocycles. The van der Waals surface area contributed by atoms with E-state index in [1.165, 1.54) is 18.3 Å². The molecule has 138 valence electrons. The van der Waals surface area contributed by atoms with Crippen LogP contribution in [0.3, 0.4) is 0 Å². The third kappa shape index (κ3) is 3.71. The van der Waals surface area contributed by atoms with Crippen LogP contribution in [-0.2, 0) is 4.74 Å². The fourth-order valence-corrected chi connectivity index (χ4v) is 2.91. The normalized spacial score (nSPS) is 10.6. The number of aryl methyl sites for hydroxylation is 1. The van der Waals surface area contributed by atoms with Crippen LogP contribution in [0.5, 0.6) is 0 Å². The number of pyridine rings is 1. The van der Waals surface area contributed by atoms with Gasteiger partial charge in [0.15, 0.2) is 0 Å². The molecule has 3 aromatic rings. The fraction of sp³-hybridized carbons (Fsp3) is 0.150. The average Bonchev–Trinajstić information content (AvgIpc) is 2.65. The molecule has 0 unspecified atom stereocenters. The Kier molecular flexibility index (Phi) is 5.28. The summed E-state index contributed by atoms with van der Waals surface area (Å²) in [4.78, 5) is 28.0. The first-order chi connectivity index (χ1) is 12.9. The number of carboxylic acids is 1. The summed E-state index contributed by atoms with van der Waals surface area (Å²) in [5.74, 6) is -1.55. The van der Waals surface area contributed by atoms with Gasteiger partial charge in [0, 0.05) is 22.3 Å². The number of carbonyl (C=O) groups excluding carboxylic acids is 1. The minimum Gasteiger partial charge on any atom is -0.478 e. The molecule has 0 fully saturated rings. The van der Waals surface area contributed by atoms with Crippen molar-refractivity contribution in [2.24, 2.45) is 0 Å². The highest BCUT2D eigenvalue weighted by molar-refractivity contribution is 6.32. The van der Waals surface area contributed by atoms with Crippen molar-refractivity contribution in [2.75, 3.05) is 11.9 Å². The number of benzene rings is 2. The maximum absolute atomic E-state index is 12.4. The Bertz CT molecular complexity index is 1050. The molecule has 1 heterocycles. The van der Waals surface area contributed by atoms with Gasteiger partial charge < -0.3 is 15.2 Å². The number of halogens is 1. The minimum absolute atomic E-state index is 0.135. The molecule has 0 aliphatic rings. The molecule has 2 aromatic carbocycles. The number of ether oxygens (including phenoxy) is 1. The average molecular weight is 385 g/mol. The maximum Gasteiger partial charge on any atom is 0.341 e. The van der Waals surface area contributed by atoms with E-state index in [4.69, 9.17) is 16.3 Å². The number of carboxylic acid groups (broad SMARTS) is 1. The molecule has 0 amide bonds. The first kappa shape index (κ1) is 18.7. The Hall–Kier alpha value is -3.12. The number of fused-ring (bicyclic) bond motifs is 1. The van der Waals surface area contributed by atoms with Crippen molar-refractivity contribution in [1.82, 2.24) is 4.98 Å². The lowest BCUT2D eigenvalue weighted by molar-refractivity contribution is 0.0526. The molecule has 0 saturated heterocycles. The van der Waals surface area contributed by atoms with E-state index in [2.05, 4.69) is 10.3 Å². The smallest absolute Gasteiger partial charge is 0.341 e. The van der Waals surface area contributed by atoms with Gasteiger partial charge in [-0.15, -0.1) is 0 Å². The molecule has 3 rings (SSSR count). The minimum atomic E-state index is -1.04. The third-order valence-electron chi connectivity index (χ3n) is 4.10. The predicted octanol–water partition coefficient (Wildman–Crippen LogP) is 4.82. The molecule has 1 aromatic heterocycles. The monoisotopic (exact) mass is 384 g/mol. The van der Waals surface area contributed by atoms with Gasteiger partial charge in [-0.2, -0.15) is 0 Å². The number of hydrogen-bond donors (Lipinski definition) is 2. The van der Waals surface area contributed by atoms with E-state index in [1.807, 2.05) is 6.92 Å². The molecule has 2 N–H and O–H groups in total. The Balaban J connectivity index is 2.19. The maximum atomic E-state index is 12.4. The van der Waals surface area contributed by atoms with Crippen molar-refractivity contribution in [2.45, 2.75) is 13.8 Å². The zero-order valence-electron chi connectivity index (χ0n) is 14.7. The van der Waals surface area contributed by atoms with Crippen LogP contribution in [0.25, 0.3) is 10.9 Å². The summed E-state index contributed by atoms with van der Waals surface area (Å²) in [5.41, 5.74) is 2.84. The second-order valence-corrected chi connectivity index (χ2v) is 6.25. The Morgan fingerprint density at radius 1 is 1.26 bits per heavy atom. The lowest BCUT2D eigenvalue weighted by Gasteiger charge is -2.15. The Morgan fingerprint density at radius 3 is 2.74 bits per heavy atom. The predicted molar refractivity (Wildman–Crippen MR) is 104 cm³/mol. The van der Waals surface area contributed by atoms with Crippen molar-refractivity contribution in [3.05, 3.63) is 64.3 Å². The summed E-state index contributed by atoms with van der Waals surface area (Å²) in [7, 11) is 0. The molecular formula is C20H17ClN2O4. The highest BCUT2D eigenvalue weighted by Gasteiger charge is 2.19. The number of aromatic carboxylic acids is 1. The number of esters is 1. The number of hydrogen-bond acceptors (Lipinski definition) is 5. The van der Waals surface area contributed by atoms with Gasteiger partial charge in [-0.3, -0.25) is 4.98 Å². The Morgan fingerprint density at radius 2 is 2.04 bits per heavy atom. The summed E-state index contributed by atoms with van der Waals surface area (Å²) in [6.45, 7) is 3.79. The summed E-state index contributed by atoms with van der Waals surface area (Å²) < 4.78 is 5.13. The Labute approximate surface area is 160 Å². The van der Waals surface area contributed by atoms with E-state index in [0.717, 1.165) is 5.56 Å². The van der Waals surface area contributed by atoms with Crippen LogP contribution in [0.4, 0.5) is 11.4 Å². The SMILES string of the molecule is CCOC(=O)c1cnc2c(C)c(Cl)ccc2c1Nc1cccc(C(=O)O)c1. The van der Waals surface area contributed by atoms with Crippen LogP contribution in [-0.4, -0.2) is 28.6 Å². The van der Waals surface area contributed by atoms with Crippen LogP contribution >= 0.6 is 11.6 Å². The highest BCUT2D eigenvalue weighted by atomic mass is 35.5. The number of nitrogens with zero attached hydrogens (tertiary/aromatic N) is 1. The van der Waals surface area contributed by atoms with Gasteiger partial charge in [-0.05, 0) is 49.7 Å². The second kappa shape index (κ2) is 7.63. The van der Waals surface area contributed by atoms with Crippen molar-refractivity contribution in [1.29, 1.82) is 0 Å². The first-order valence-electron chi connectivity index (χ1n) is 8.27. The summed E-state index contributed by atoms with van der Waals surface area (Å²) in [5, 5.41) is 13.6. The standard InChI is InChI=1S/C20H17ClN2O4/c1-3-27-20(26)15-10-22-17-11(2)16(21)8-7-14(17)18(15)23-13-6-4-5-12(9-13)19(24)25/h4-10H,3H2,1-2H3,(H,22,23)(H,24,25). The second-order valence-electron chi connectivity index (χ2n) is 5.85. The molecule has 0 spiro atoms.